The number of rotatable bonds is 11. The molecule has 0 radical (unpaired) electrons. The molecule has 0 bridgehead atoms. The number of fused-ring (bicyclic) bond motifs is 1. The summed E-state index contributed by atoms with van der Waals surface area (Å²) in [7, 11) is 0. The molecule has 6 aromatic rings. The molecule has 3 aromatic heterocycles. The van der Waals surface area contributed by atoms with Crippen LogP contribution in [-0.4, -0.2) is 55.9 Å². The van der Waals surface area contributed by atoms with Gasteiger partial charge in [0.15, 0.2) is 12.3 Å². The van der Waals surface area contributed by atoms with Gasteiger partial charge in [-0.3, -0.25) is 4.90 Å². The second-order valence-electron chi connectivity index (χ2n) is 10.8. The maximum atomic E-state index is 6.01. The van der Waals surface area contributed by atoms with Gasteiger partial charge >= 0.3 is 0 Å². The second kappa shape index (κ2) is 12.6. The van der Waals surface area contributed by atoms with E-state index in [9.17, 15) is 0 Å². The highest BCUT2D eigenvalue weighted by Crippen LogP contribution is 2.27. The fourth-order valence-corrected chi connectivity index (χ4v) is 5.25. The highest BCUT2D eigenvalue weighted by molar-refractivity contribution is 5.66. The molecular weight excluding hydrogens is 554 g/mol. The molecule has 4 heterocycles. The zero-order chi connectivity index (χ0) is 29.7. The molecule has 1 fully saturated rings. The van der Waals surface area contributed by atoms with Gasteiger partial charge in [-0.15, -0.1) is 15.3 Å². The molecule has 0 spiro atoms. The van der Waals surface area contributed by atoms with Gasteiger partial charge < -0.3 is 19.2 Å². The summed E-state index contributed by atoms with van der Waals surface area (Å²) in [5, 5.41) is 16.4. The summed E-state index contributed by atoms with van der Waals surface area (Å²) in [6.45, 7) is 6.22. The molecule has 10 nitrogen and oxygen atoms in total. The Labute approximate surface area is 255 Å². The molecule has 10 heteroatoms. The standard InChI is InChI=1S/C34H33N7O3/c1-24-10-12-25(13-11-24)33-38-37-32(44-33)23-43-29-7-4-6-26(22-29)30-8-5-9-31-36-34(39-41(30)31)35-27-14-16-28(17-15-27)42-21-20-40-18-2-3-19-40/h4-17,22H,2-3,18-21,23H2,1H3,(H,35,39). The highest BCUT2D eigenvalue weighted by Gasteiger charge is 2.13. The first-order valence-corrected chi connectivity index (χ1v) is 14.9. The van der Waals surface area contributed by atoms with Crippen LogP contribution in [0.25, 0.3) is 28.4 Å². The Morgan fingerprint density at radius 1 is 0.818 bits per heavy atom. The van der Waals surface area contributed by atoms with Crippen LogP contribution in [0.2, 0.25) is 0 Å². The molecule has 0 amide bonds. The third-order valence-electron chi connectivity index (χ3n) is 7.60. The highest BCUT2D eigenvalue weighted by atomic mass is 16.5. The molecule has 7 rings (SSSR count). The predicted molar refractivity (Wildman–Crippen MR) is 168 cm³/mol. The fraction of sp³-hybridized carbons (Fsp3) is 0.235. The van der Waals surface area contributed by atoms with Crippen molar-refractivity contribution in [1.29, 1.82) is 0 Å². The van der Waals surface area contributed by atoms with Crippen LogP contribution >= 0.6 is 0 Å². The lowest BCUT2D eigenvalue weighted by atomic mass is 10.1. The third kappa shape index (κ3) is 6.40. The van der Waals surface area contributed by atoms with Gasteiger partial charge in [0, 0.05) is 23.4 Å². The van der Waals surface area contributed by atoms with Gasteiger partial charge in [0.1, 0.15) is 18.1 Å². The number of ether oxygens (including phenoxy) is 2. The third-order valence-corrected chi connectivity index (χ3v) is 7.60. The van der Waals surface area contributed by atoms with Crippen molar-refractivity contribution in [1.82, 2.24) is 29.7 Å². The van der Waals surface area contributed by atoms with Gasteiger partial charge in [-0.05, 0) is 93.5 Å². The van der Waals surface area contributed by atoms with Crippen LogP contribution in [0.1, 0.15) is 24.3 Å². The Balaban J connectivity index is 1.00. The van der Waals surface area contributed by atoms with Crippen LogP contribution < -0.4 is 14.8 Å². The van der Waals surface area contributed by atoms with Crippen molar-refractivity contribution >= 4 is 17.3 Å². The lowest BCUT2D eigenvalue weighted by Crippen LogP contribution is -2.25. The lowest BCUT2D eigenvalue weighted by molar-refractivity contribution is 0.238. The van der Waals surface area contributed by atoms with E-state index in [1.165, 1.54) is 31.5 Å². The Morgan fingerprint density at radius 2 is 1.64 bits per heavy atom. The van der Waals surface area contributed by atoms with Gasteiger partial charge in [0.05, 0.1) is 5.69 Å². The lowest BCUT2D eigenvalue weighted by Gasteiger charge is -2.15. The monoisotopic (exact) mass is 587 g/mol. The van der Waals surface area contributed by atoms with E-state index in [0.29, 0.717) is 30.1 Å². The summed E-state index contributed by atoms with van der Waals surface area (Å²) in [6.07, 6.45) is 2.58. The first kappa shape index (κ1) is 27.6. The summed E-state index contributed by atoms with van der Waals surface area (Å²) in [5.74, 6) is 2.91. The second-order valence-corrected chi connectivity index (χ2v) is 10.8. The zero-order valence-corrected chi connectivity index (χ0v) is 24.5. The predicted octanol–water partition coefficient (Wildman–Crippen LogP) is 6.55. The number of nitrogens with zero attached hydrogens (tertiary/aromatic N) is 6. The van der Waals surface area contributed by atoms with E-state index in [-0.39, 0.29) is 6.61 Å². The van der Waals surface area contributed by atoms with Gasteiger partial charge in [-0.25, -0.2) is 4.52 Å². The number of aromatic nitrogens is 5. The minimum atomic E-state index is 0.159. The quantitative estimate of drug-likeness (QED) is 0.181. The van der Waals surface area contributed by atoms with Crippen molar-refractivity contribution in [3.63, 3.8) is 0 Å². The number of benzene rings is 3. The van der Waals surface area contributed by atoms with E-state index in [1.54, 1.807) is 0 Å². The number of nitrogens with one attached hydrogen (secondary N) is 1. The zero-order valence-electron chi connectivity index (χ0n) is 24.5. The minimum Gasteiger partial charge on any atom is -0.492 e. The molecule has 1 saturated heterocycles. The van der Waals surface area contributed by atoms with Crippen molar-refractivity contribution in [2.45, 2.75) is 26.4 Å². The number of aryl methyl sites for hydroxylation is 1. The largest absolute Gasteiger partial charge is 0.492 e. The van der Waals surface area contributed by atoms with E-state index in [4.69, 9.17) is 19.0 Å². The average molecular weight is 588 g/mol. The van der Waals surface area contributed by atoms with Crippen molar-refractivity contribution in [2.75, 3.05) is 31.6 Å². The molecule has 3 aromatic carbocycles. The number of hydrogen-bond donors (Lipinski definition) is 1. The molecule has 0 unspecified atom stereocenters. The average Bonchev–Trinajstić information content (AvgIpc) is 3.83. The normalized spacial score (nSPS) is 13.4. The van der Waals surface area contributed by atoms with Gasteiger partial charge in [0.2, 0.25) is 11.8 Å². The molecule has 222 valence electrons. The van der Waals surface area contributed by atoms with E-state index in [2.05, 4.69) is 25.4 Å². The Bertz CT molecular complexity index is 1840. The summed E-state index contributed by atoms with van der Waals surface area (Å²) >= 11 is 0. The molecule has 1 N–H and O–H groups in total. The first-order chi connectivity index (χ1) is 21.7. The van der Waals surface area contributed by atoms with Crippen molar-refractivity contribution < 1.29 is 13.9 Å². The smallest absolute Gasteiger partial charge is 0.254 e. The number of anilines is 2. The van der Waals surface area contributed by atoms with Crippen LogP contribution in [0, 0.1) is 6.92 Å². The van der Waals surface area contributed by atoms with Crippen LogP contribution in [0.15, 0.2) is 95.4 Å². The maximum Gasteiger partial charge on any atom is 0.254 e. The maximum absolute atomic E-state index is 6.01. The minimum absolute atomic E-state index is 0.159. The van der Waals surface area contributed by atoms with E-state index in [0.717, 1.165) is 40.4 Å². The molecule has 44 heavy (non-hydrogen) atoms. The van der Waals surface area contributed by atoms with Crippen molar-refractivity contribution in [3.8, 4) is 34.2 Å². The van der Waals surface area contributed by atoms with Crippen molar-refractivity contribution in [3.05, 3.63) is 102 Å². The topological polar surface area (TPSA) is 103 Å². The fourth-order valence-electron chi connectivity index (χ4n) is 5.25. The van der Waals surface area contributed by atoms with Gasteiger partial charge in [-0.1, -0.05) is 35.9 Å². The molecule has 0 saturated carbocycles. The van der Waals surface area contributed by atoms with E-state index >= 15 is 0 Å². The Kier molecular flexibility index (Phi) is 7.88. The van der Waals surface area contributed by atoms with Crippen molar-refractivity contribution in [2.24, 2.45) is 0 Å². The van der Waals surface area contributed by atoms with Gasteiger partial charge in [0.25, 0.3) is 5.89 Å². The summed E-state index contributed by atoms with van der Waals surface area (Å²) < 4.78 is 19.6. The number of hydrogen-bond acceptors (Lipinski definition) is 9. The van der Waals surface area contributed by atoms with Crippen LogP contribution in [0.4, 0.5) is 11.6 Å². The molecule has 0 atom stereocenters. The summed E-state index contributed by atoms with van der Waals surface area (Å²) in [4.78, 5) is 7.13. The first-order valence-electron chi connectivity index (χ1n) is 14.9. The SMILES string of the molecule is Cc1ccc(-c2nnc(COc3cccc(-c4cccc5nc(Nc6ccc(OCCN7CCCC7)cc6)nn45)c3)o2)cc1. The van der Waals surface area contributed by atoms with Crippen LogP contribution in [-0.2, 0) is 6.61 Å². The Morgan fingerprint density at radius 3 is 2.48 bits per heavy atom. The molecular formula is C34H33N7O3. The van der Waals surface area contributed by atoms with Crippen LogP contribution in [0.5, 0.6) is 11.5 Å². The van der Waals surface area contributed by atoms with Gasteiger partial charge in [-0.2, -0.15) is 4.98 Å². The van der Waals surface area contributed by atoms with Crippen LogP contribution in [0.3, 0.4) is 0 Å². The van der Waals surface area contributed by atoms with E-state index < -0.39 is 0 Å². The number of likely N-dealkylation sites (tertiary alicyclic amines) is 1. The summed E-state index contributed by atoms with van der Waals surface area (Å²) in [5.41, 5.74) is 5.48. The number of pyridine rings is 1. The van der Waals surface area contributed by atoms with E-state index in [1.807, 2.05) is 102 Å². The molecule has 1 aliphatic heterocycles. The molecule has 1 aliphatic rings. The molecule has 0 aliphatic carbocycles. The summed E-state index contributed by atoms with van der Waals surface area (Å²) in [6, 6.07) is 29.6. The Hall–Kier alpha value is -5.22.